The molecular formula is C21H29N3O4. The molecule has 4 amide bonds. The summed E-state index contributed by atoms with van der Waals surface area (Å²) < 4.78 is 0. The van der Waals surface area contributed by atoms with Gasteiger partial charge in [-0.2, -0.15) is 0 Å². The molecule has 2 rings (SSSR count). The zero-order valence-corrected chi connectivity index (χ0v) is 16.8. The fourth-order valence-corrected chi connectivity index (χ4v) is 3.67. The highest BCUT2D eigenvalue weighted by molar-refractivity contribution is 6.09. The van der Waals surface area contributed by atoms with Crippen LogP contribution >= 0.6 is 0 Å². The Hall–Kier alpha value is -2.70. The van der Waals surface area contributed by atoms with E-state index in [1.165, 1.54) is 6.92 Å². The molecule has 1 atom stereocenters. The van der Waals surface area contributed by atoms with E-state index in [4.69, 9.17) is 0 Å². The summed E-state index contributed by atoms with van der Waals surface area (Å²) in [6, 6.07) is 8.11. The van der Waals surface area contributed by atoms with Gasteiger partial charge in [-0.15, -0.1) is 0 Å². The van der Waals surface area contributed by atoms with Crippen LogP contribution in [-0.2, 0) is 20.8 Å². The third-order valence-electron chi connectivity index (χ3n) is 5.01. The first-order chi connectivity index (χ1) is 13.3. The number of ketones is 1. The Labute approximate surface area is 165 Å². The van der Waals surface area contributed by atoms with E-state index in [0.717, 1.165) is 23.3 Å². The first kappa shape index (κ1) is 21.6. The highest BCUT2D eigenvalue weighted by atomic mass is 16.2. The fraction of sp³-hybridized carbons (Fsp3) is 0.524. The van der Waals surface area contributed by atoms with E-state index in [0.29, 0.717) is 19.3 Å². The second kappa shape index (κ2) is 9.48. The Morgan fingerprint density at radius 3 is 2.25 bits per heavy atom. The second-order valence-electron chi connectivity index (χ2n) is 7.32. The average Bonchev–Trinajstić information content (AvgIpc) is 2.87. The Kier molecular flexibility index (Phi) is 7.31. The molecule has 7 nitrogen and oxygen atoms in total. The molecule has 0 radical (unpaired) electrons. The summed E-state index contributed by atoms with van der Waals surface area (Å²) in [4.78, 5) is 50.6. The molecule has 1 aliphatic heterocycles. The molecule has 0 aliphatic carbocycles. The first-order valence-corrected chi connectivity index (χ1v) is 9.80. The maximum Gasteiger partial charge on any atom is 0.325 e. The van der Waals surface area contributed by atoms with Gasteiger partial charge in [-0.1, -0.05) is 57.0 Å². The van der Waals surface area contributed by atoms with E-state index < -0.39 is 30.1 Å². The predicted octanol–water partition coefficient (Wildman–Crippen LogP) is 2.19. The Morgan fingerprint density at radius 2 is 1.71 bits per heavy atom. The number of hydrogen-bond acceptors (Lipinski definition) is 4. The van der Waals surface area contributed by atoms with Crippen LogP contribution in [0, 0.1) is 0 Å². The molecule has 1 unspecified atom stereocenters. The molecular weight excluding hydrogens is 358 g/mol. The van der Waals surface area contributed by atoms with Crippen LogP contribution in [-0.4, -0.2) is 46.7 Å². The molecule has 1 saturated heterocycles. The van der Waals surface area contributed by atoms with Crippen molar-refractivity contribution in [1.29, 1.82) is 0 Å². The van der Waals surface area contributed by atoms with Crippen LogP contribution in [0.3, 0.4) is 0 Å². The highest BCUT2D eigenvalue weighted by Crippen LogP contribution is 2.27. The predicted molar refractivity (Wildman–Crippen MR) is 106 cm³/mol. The third-order valence-corrected chi connectivity index (χ3v) is 5.01. The van der Waals surface area contributed by atoms with Gasteiger partial charge in [-0.05, 0) is 31.7 Å². The van der Waals surface area contributed by atoms with Gasteiger partial charge in [0.05, 0.1) is 6.04 Å². The first-order valence-electron chi connectivity index (χ1n) is 9.80. The van der Waals surface area contributed by atoms with Crippen molar-refractivity contribution in [3.8, 4) is 0 Å². The highest BCUT2D eigenvalue weighted by Gasteiger charge is 2.50. The average molecular weight is 387 g/mol. The minimum absolute atomic E-state index is 0.180. The Bertz CT molecular complexity index is 726. The van der Waals surface area contributed by atoms with Crippen molar-refractivity contribution in [2.45, 2.75) is 64.5 Å². The number of Topliss-reactive ketones (excluding diaryl/α,β-unsaturated/α-hetero) is 1. The second-order valence-corrected chi connectivity index (χ2v) is 7.32. The Balaban J connectivity index is 2.05. The lowest BCUT2D eigenvalue weighted by molar-refractivity contribution is -0.136. The Morgan fingerprint density at radius 1 is 1.11 bits per heavy atom. The molecule has 28 heavy (non-hydrogen) atoms. The summed E-state index contributed by atoms with van der Waals surface area (Å²) in [6.07, 6.45) is 2.92. The normalized spacial score (nSPS) is 16.6. The van der Waals surface area contributed by atoms with E-state index in [1.54, 1.807) is 0 Å². The van der Waals surface area contributed by atoms with Gasteiger partial charge < -0.3 is 10.6 Å². The number of nitrogens with one attached hydrogen (secondary N) is 2. The smallest absolute Gasteiger partial charge is 0.325 e. The zero-order chi connectivity index (χ0) is 20.7. The third kappa shape index (κ3) is 4.97. The summed E-state index contributed by atoms with van der Waals surface area (Å²) in [5.41, 5.74) is -0.00636. The molecule has 2 N–H and O–H groups in total. The standard InChI is InChI=1S/C21H29N3O4/c1-4-11-21(12-5-2)19(27)24(20(28)23-21)14-18(26)22-17(15(3)25)13-16-9-7-6-8-10-16/h6-10,17H,4-5,11-14H2,1-3H3,(H,22,26)(H,23,28). The summed E-state index contributed by atoms with van der Waals surface area (Å²) in [6.45, 7) is 4.92. The number of carbonyl (C=O) groups excluding carboxylic acids is 4. The van der Waals surface area contributed by atoms with E-state index in [-0.39, 0.29) is 11.7 Å². The van der Waals surface area contributed by atoms with Gasteiger partial charge >= 0.3 is 6.03 Å². The van der Waals surface area contributed by atoms with Gasteiger partial charge in [0.25, 0.3) is 5.91 Å². The molecule has 1 aromatic carbocycles. The molecule has 7 heteroatoms. The van der Waals surface area contributed by atoms with Crippen LogP contribution < -0.4 is 10.6 Å². The molecule has 0 spiro atoms. The molecule has 1 heterocycles. The van der Waals surface area contributed by atoms with Gasteiger partial charge in [-0.25, -0.2) is 4.79 Å². The molecule has 0 bridgehead atoms. The summed E-state index contributed by atoms with van der Waals surface area (Å²) in [5, 5.41) is 5.44. The van der Waals surface area contributed by atoms with Crippen LogP contribution in [0.1, 0.15) is 52.0 Å². The minimum Gasteiger partial charge on any atom is -0.344 e. The molecule has 0 aromatic heterocycles. The lowest BCUT2D eigenvalue weighted by atomic mass is 9.88. The lowest BCUT2D eigenvalue weighted by Gasteiger charge is -2.25. The van der Waals surface area contributed by atoms with Gasteiger partial charge in [-0.3, -0.25) is 19.3 Å². The number of imide groups is 1. The van der Waals surface area contributed by atoms with Crippen molar-refractivity contribution in [3.63, 3.8) is 0 Å². The van der Waals surface area contributed by atoms with Crippen LogP contribution in [0.5, 0.6) is 0 Å². The van der Waals surface area contributed by atoms with Crippen molar-refractivity contribution >= 4 is 23.6 Å². The van der Waals surface area contributed by atoms with Crippen LogP contribution in [0.2, 0.25) is 0 Å². The van der Waals surface area contributed by atoms with Crippen molar-refractivity contribution in [3.05, 3.63) is 35.9 Å². The molecule has 0 saturated carbocycles. The molecule has 1 fully saturated rings. The van der Waals surface area contributed by atoms with Gasteiger partial charge in [0, 0.05) is 0 Å². The van der Waals surface area contributed by atoms with Crippen LogP contribution in [0.25, 0.3) is 0 Å². The van der Waals surface area contributed by atoms with Gasteiger partial charge in [0.2, 0.25) is 5.91 Å². The van der Waals surface area contributed by atoms with E-state index in [2.05, 4.69) is 10.6 Å². The van der Waals surface area contributed by atoms with Crippen LogP contribution in [0.15, 0.2) is 30.3 Å². The number of hydrogen-bond donors (Lipinski definition) is 2. The topological polar surface area (TPSA) is 95.6 Å². The van der Waals surface area contributed by atoms with E-state index >= 15 is 0 Å². The maximum absolute atomic E-state index is 12.9. The van der Waals surface area contributed by atoms with Crippen molar-refractivity contribution in [1.82, 2.24) is 15.5 Å². The maximum atomic E-state index is 12.9. The van der Waals surface area contributed by atoms with Crippen LogP contribution in [0.4, 0.5) is 4.79 Å². The van der Waals surface area contributed by atoms with Gasteiger partial charge in [0.1, 0.15) is 12.1 Å². The SMILES string of the molecule is CCCC1(CCC)NC(=O)N(CC(=O)NC(Cc2ccccc2)C(C)=O)C1=O. The van der Waals surface area contributed by atoms with E-state index in [1.807, 2.05) is 44.2 Å². The molecule has 152 valence electrons. The number of urea groups is 1. The summed E-state index contributed by atoms with van der Waals surface area (Å²) in [7, 11) is 0. The number of benzene rings is 1. The number of amides is 4. The largest absolute Gasteiger partial charge is 0.344 e. The fourth-order valence-electron chi connectivity index (χ4n) is 3.67. The number of nitrogens with zero attached hydrogens (tertiary/aromatic N) is 1. The number of rotatable bonds is 10. The molecule has 1 aromatic rings. The zero-order valence-electron chi connectivity index (χ0n) is 16.8. The van der Waals surface area contributed by atoms with Gasteiger partial charge in [0.15, 0.2) is 5.78 Å². The lowest BCUT2D eigenvalue weighted by Crippen LogP contribution is -2.49. The van der Waals surface area contributed by atoms with Crippen molar-refractivity contribution < 1.29 is 19.2 Å². The summed E-state index contributed by atoms with van der Waals surface area (Å²) in [5.74, 6) is -1.07. The van der Waals surface area contributed by atoms with Crippen molar-refractivity contribution in [2.75, 3.05) is 6.54 Å². The summed E-state index contributed by atoms with van der Waals surface area (Å²) >= 11 is 0. The molecule has 1 aliphatic rings. The van der Waals surface area contributed by atoms with E-state index in [9.17, 15) is 19.2 Å². The minimum atomic E-state index is -0.926. The monoisotopic (exact) mass is 387 g/mol. The number of carbonyl (C=O) groups is 4. The van der Waals surface area contributed by atoms with Crippen molar-refractivity contribution in [2.24, 2.45) is 0 Å². The quantitative estimate of drug-likeness (QED) is 0.602.